The molecular formula is C14H32N2. The van der Waals surface area contributed by atoms with E-state index in [2.05, 4.69) is 53.5 Å². The van der Waals surface area contributed by atoms with Crippen LogP contribution in [0.1, 0.15) is 60.8 Å². The fourth-order valence-corrected chi connectivity index (χ4v) is 2.32. The van der Waals surface area contributed by atoms with Crippen LogP contribution in [-0.2, 0) is 0 Å². The van der Waals surface area contributed by atoms with Crippen LogP contribution in [0.15, 0.2) is 0 Å². The molecule has 0 aromatic heterocycles. The minimum Gasteiger partial charge on any atom is -0.326 e. The molecule has 16 heavy (non-hydrogen) atoms. The average molecular weight is 228 g/mol. The highest BCUT2D eigenvalue weighted by molar-refractivity contribution is 4.86. The molecule has 0 heterocycles. The predicted molar refractivity (Wildman–Crippen MR) is 73.6 cm³/mol. The summed E-state index contributed by atoms with van der Waals surface area (Å²) in [5.74, 6) is 0. The first-order valence-corrected chi connectivity index (χ1v) is 6.73. The van der Waals surface area contributed by atoms with Gasteiger partial charge < -0.3 is 5.73 Å². The number of hydrogen-bond donors (Lipinski definition) is 1. The van der Waals surface area contributed by atoms with E-state index in [0.717, 1.165) is 12.8 Å². The molecule has 0 spiro atoms. The molecule has 0 aliphatic rings. The van der Waals surface area contributed by atoms with Gasteiger partial charge in [0, 0.05) is 18.1 Å². The molecule has 0 bridgehead atoms. The van der Waals surface area contributed by atoms with Gasteiger partial charge in [0.05, 0.1) is 0 Å². The monoisotopic (exact) mass is 228 g/mol. The summed E-state index contributed by atoms with van der Waals surface area (Å²) < 4.78 is 0. The second-order valence-corrected chi connectivity index (χ2v) is 6.14. The molecule has 0 aromatic carbocycles. The van der Waals surface area contributed by atoms with E-state index in [-0.39, 0.29) is 0 Å². The molecule has 0 rings (SSSR count). The van der Waals surface area contributed by atoms with Crippen LogP contribution in [0.5, 0.6) is 0 Å². The Morgan fingerprint density at radius 2 is 1.69 bits per heavy atom. The van der Waals surface area contributed by atoms with Gasteiger partial charge in [-0.2, -0.15) is 0 Å². The van der Waals surface area contributed by atoms with Crippen LogP contribution in [0.3, 0.4) is 0 Å². The predicted octanol–water partition coefficient (Wildman–Crippen LogP) is 3.26. The molecule has 2 heteroatoms. The summed E-state index contributed by atoms with van der Waals surface area (Å²) in [6.45, 7) is 13.7. The first-order valence-electron chi connectivity index (χ1n) is 6.73. The lowest BCUT2D eigenvalue weighted by Crippen LogP contribution is -2.52. The van der Waals surface area contributed by atoms with E-state index in [9.17, 15) is 0 Å². The van der Waals surface area contributed by atoms with Crippen molar-refractivity contribution in [2.24, 2.45) is 11.1 Å². The summed E-state index contributed by atoms with van der Waals surface area (Å²) in [4.78, 5) is 2.47. The molecule has 0 aliphatic carbocycles. The maximum absolute atomic E-state index is 6.28. The average Bonchev–Trinajstić information content (AvgIpc) is 2.16. The first kappa shape index (κ1) is 15.9. The van der Waals surface area contributed by atoms with E-state index in [1.54, 1.807) is 0 Å². The van der Waals surface area contributed by atoms with Gasteiger partial charge in [-0.15, -0.1) is 0 Å². The standard InChI is InChI=1S/C14H32N2/c1-8-10-12(15)13(9-2)16(7)11(3)14(4,5)6/h11-13H,8-10,15H2,1-7H3. The van der Waals surface area contributed by atoms with Gasteiger partial charge in [0.1, 0.15) is 0 Å². The van der Waals surface area contributed by atoms with E-state index in [1.165, 1.54) is 6.42 Å². The van der Waals surface area contributed by atoms with Gasteiger partial charge in [-0.3, -0.25) is 4.90 Å². The van der Waals surface area contributed by atoms with E-state index in [1.807, 2.05) is 0 Å². The van der Waals surface area contributed by atoms with Gasteiger partial charge in [0.25, 0.3) is 0 Å². The Hall–Kier alpha value is -0.0800. The van der Waals surface area contributed by atoms with Crippen molar-refractivity contribution < 1.29 is 0 Å². The summed E-state index contributed by atoms with van der Waals surface area (Å²) in [6, 6.07) is 1.37. The molecule has 3 atom stereocenters. The van der Waals surface area contributed by atoms with E-state index in [4.69, 9.17) is 5.73 Å². The number of nitrogens with zero attached hydrogens (tertiary/aromatic N) is 1. The Morgan fingerprint density at radius 1 is 1.19 bits per heavy atom. The van der Waals surface area contributed by atoms with Gasteiger partial charge in [-0.1, -0.05) is 41.0 Å². The minimum atomic E-state index is 0.310. The van der Waals surface area contributed by atoms with Gasteiger partial charge in [-0.05, 0) is 32.2 Å². The Kier molecular flexibility index (Phi) is 6.57. The van der Waals surface area contributed by atoms with Crippen molar-refractivity contribution in [3.8, 4) is 0 Å². The van der Waals surface area contributed by atoms with E-state index < -0.39 is 0 Å². The lowest BCUT2D eigenvalue weighted by molar-refractivity contribution is 0.0803. The Morgan fingerprint density at radius 3 is 2.00 bits per heavy atom. The van der Waals surface area contributed by atoms with E-state index in [0.29, 0.717) is 23.5 Å². The Labute approximate surface area is 103 Å². The molecular weight excluding hydrogens is 196 g/mol. The molecule has 0 saturated heterocycles. The number of hydrogen-bond acceptors (Lipinski definition) is 2. The fourth-order valence-electron chi connectivity index (χ4n) is 2.32. The smallest absolute Gasteiger partial charge is 0.0244 e. The lowest BCUT2D eigenvalue weighted by atomic mass is 9.85. The molecule has 2 nitrogen and oxygen atoms in total. The highest BCUT2D eigenvalue weighted by Gasteiger charge is 2.30. The molecule has 0 amide bonds. The molecule has 0 saturated carbocycles. The normalized spacial score (nSPS) is 18.6. The minimum absolute atomic E-state index is 0.310. The maximum Gasteiger partial charge on any atom is 0.0244 e. The zero-order valence-electron chi connectivity index (χ0n) is 12.4. The van der Waals surface area contributed by atoms with Crippen LogP contribution in [0.25, 0.3) is 0 Å². The molecule has 0 radical (unpaired) electrons. The summed E-state index contributed by atoms with van der Waals surface area (Å²) in [5.41, 5.74) is 6.59. The van der Waals surface area contributed by atoms with Crippen LogP contribution in [0.4, 0.5) is 0 Å². The van der Waals surface area contributed by atoms with Crippen LogP contribution in [0, 0.1) is 5.41 Å². The lowest BCUT2D eigenvalue weighted by Gasteiger charge is -2.42. The van der Waals surface area contributed by atoms with Gasteiger partial charge in [0.15, 0.2) is 0 Å². The summed E-state index contributed by atoms with van der Waals surface area (Å²) in [7, 11) is 2.22. The van der Waals surface area contributed by atoms with Crippen molar-refractivity contribution in [3.63, 3.8) is 0 Å². The third-order valence-electron chi connectivity index (χ3n) is 3.92. The molecule has 2 N–H and O–H groups in total. The van der Waals surface area contributed by atoms with Gasteiger partial charge in [0.2, 0.25) is 0 Å². The SMILES string of the molecule is CCCC(N)C(CC)N(C)C(C)C(C)(C)C. The molecule has 0 aromatic rings. The summed E-state index contributed by atoms with van der Waals surface area (Å²) in [6.07, 6.45) is 3.44. The van der Waals surface area contributed by atoms with Crippen molar-refractivity contribution in [2.75, 3.05) is 7.05 Å². The van der Waals surface area contributed by atoms with Crippen molar-refractivity contribution in [1.29, 1.82) is 0 Å². The fraction of sp³-hybridized carbons (Fsp3) is 1.00. The van der Waals surface area contributed by atoms with Crippen molar-refractivity contribution in [3.05, 3.63) is 0 Å². The van der Waals surface area contributed by atoms with Crippen molar-refractivity contribution in [1.82, 2.24) is 4.90 Å². The third-order valence-corrected chi connectivity index (χ3v) is 3.92. The Bertz CT molecular complexity index is 184. The quantitative estimate of drug-likeness (QED) is 0.756. The second kappa shape index (κ2) is 6.61. The molecule has 98 valence electrons. The highest BCUT2D eigenvalue weighted by atomic mass is 15.2. The topological polar surface area (TPSA) is 29.3 Å². The largest absolute Gasteiger partial charge is 0.326 e. The summed E-state index contributed by atoms with van der Waals surface area (Å²) >= 11 is 0. The second-order valence-electron chi connectivity index (χ2n) is 6.14. The maximum atomic E-state index is 6.28. The molecule has 0 fully saturated rings. The van der Waals surface area contributed by atoms with Crippen LogP contribution in [-0.4, -0.2) is 30.1 Å². The van der Waals surface area contributed by atoms with Gasteiger partial charge >= 0.3 is 0 Å². The van der Waals surface area contributed by atoms with Crippen LogP contribution < -0.4 is 5.73 Å². The molecule has 3 unspecified atom stereocenters. The van der Waals surface area contributed by atoms with E-state index >= 15 is 0 Å². The number of nitrogens with two attached hydrogens (primary N) is 1. The van der Waals surface area contributed by atoms with Crippen LogP contribution >= 0.6 is 0 Å². The van der Waals surface area contributed by atoms with Crippen molar-refractivity contribution >= 4 is 0 Å². The number of rotatable bonds is 6. The first-order chi connectivity index (χ1) is 7.25. The third kappa shape index (κ3) is 4.42. The number of likely N-dealkylation sites (N-methyl/N-ethyl adjacent to an activating group) is 1. The zero-order valence-corrected chi connectivity index (χ0v) is 12.4. The zero-order chi connectivity index (χ0) is 12.9. The Balaban J connectivity index is 4.58. The summed E-state index contributed by atoms with van der Waals surface area (Å²) in [5, 5.41) is 0. The molecule has 0 aliphatic heterocycles. The van der Waals surface area contributed by atoms with Crippen molar-refractivity contribution in [2.45, 2.75) is 78.9 Å². The van der Waals surface area contributed by atoms with Gasteiger partial charge in [-0.25, -0.2) is 0 Å². The van der Waals surface area contributed by atoms with Crippen LogP contribution in [0.2, 0.25) is 0 Å². The highest BCUT2D eigenvalue weighted by Crippen LogP contribution is 2.26.